The highest BCUT2D eigenvalue weighted by atomic mass is 35.5. The van der Waals surface area contributed by atoms with Crippen LogP contribution in [0.15, 0.2) is 81.7 Å². The van der Waals surface area contributed by atoms with Gasteiger partial charge in [0.05, 0.1) is 29.5 Å². The van der Waals surface area contributed by atoms with E-state index in [2.05, 4.69) is 0 Å². The van der Waals surface area contributed by atoms with Crippen LogP contribution in [0.1, 0.15) is 43.9 Å². The first-order valence-corrected chi connectivity index (χ1v) is 13.7. The fourth-order valence-corrected chi connectivity index (χ4v) is 6.04. The van der Waals surface area contributed by atoms with Crippen LogP contribution in [-0.2, 0) is 9.53 Å². The topological polar surface area (TPSA) is 69.9 Å². The molecule has 0 spiro atoms. The van der Waals surface area contributed by atoms with Crippen LogP contribution in [0.3, 0.4) is 0 Å². The van der Waals surface area contributed by atoms with E-state index in [1.54, 1.807) is 36.8 Å². The maximum Gasteiger partial charge on any atom is 0.338 e. The number of halogens is 1. The zero-order chi connectivity index (χ0) is 26.8. The number of aromatic nitrogens is 1. The Balaban J connectivity index is 1.82. The van der Waals surface area contributed by atoms with Crippen LogP contribution in [-0.4, -0.2) is 24.3 Å². The lowest BCUT2D eigenvalue weighted by molar-refractivity contribution is -0.139. The number of hydrogen-bond acceptors (Lipinski definition) is 6. The lowest BCUT2D eigenvalue weighted by atomic mass is 9.93. The highest BCUT2D eigenvalue weighted by molar-refractivity contribution is 7.07. The van der Waals surface area contributed by atoms with E-state index in [0.717, 1.165) is 22.8 Å². The summed E-state index contributed by atoms with van der Waals surface area (Å²) in [5, 5.41) is 2.61. The molecular weight excluding hydrogens is 520 g/mol. The number of allylic oxidation sites excluding steroid dienone is 1. The second kappa shape index (κ2) is 11.0. The van der Waals surface area contributed by atoms with Crippen LogP contribution in [0.5, 0.6) is 5.75 Å². The van der Waals surface area contributed by atoms with Gasteiger partial charge in [0.2, 0.25) is 0 Å². The number of carbonyl (C=O) groups is 1. The number of ether oxygens (including phenoxy) is 2. The van der Waals surface area contributed by atoms with Crippen molar-refractivity contribution in [2.45, 2.75) is 32.7 Å². The third-order valence-electron chi connectivity index (χ3n) is 6.49. The zero-order valence-corrected chi connectivity index (χ0v) is 22.9. The Labute approximate surface area is 229 Å². The Hall–Kier alpha value is -3.68. The van der Waals surface area contributed by atoms with E-state index in [-0.39, 0.29) is 12.2 Å². The lowest BCUT2D eigenvalue weighted by Crippen LogP contribution is -2.40. The van der Waals surface area contributed by atoms with Gasteiger partial charge in [0, 0.05) is 10.6 Å². The average molecular weight is 547 g/mol. The van der Waals surface area contributed by atoms with Crippen molar-refractivity contribution < 1.29 is 14.3 Å². The van der Waals surface area contributed by atoms with Crippen molar-refractivity contribution in [1.29, 1.82) is 0 Å². The summed E-state index contributed by atoms with van der Waals surface area (Å²) in [5.41, 5.74) is 2.23. The molecule has 0 aliphatic carbocycles. The van der Waals surface area contributed by atoms with Crippen molar-refractivity contribution in [3.63, 3.8) is 0 Å². The second-order valence-electron chi connectivity index (χ2n) is 8.87. The van der Waals surface area contributed by atoms with Gasteiger partial charge in [-0.25, -0.2) is 9.79 Å². The minimum absolute atomic E-state index is 0.201. The van der Waals surface area contributed by atoms with Gasteiger partial charge in [0.25, 0.3) is 5.56 Å². The van der Waals surface area contributed by atoms with E-state index in [1.807, 2.05) is 55.5 Å². The summed E-state index contributed by atoms with van der Waals surface area (Å²) in [5.74, 6) is 0.0117. The molecule has 0 bridgehead atoms. The van der Waals surface area contributed by atoms with Crippen molar-refractivity contribution in [3.05, 3.63) is 108 Å². The fraction of sp³-hybridized carbons (Fsp3) is 0.233. The number of fused-ring (bicyclic) bond motifs is 2. The Morgan fingerprint density at radius 3 is 2.68 bits per heavy atom. The van der Waals surface area contributed by atoms with Crippen LogP contribution >= 0.6 is 22.9 Å². The largest absolute Gasteiger partial charge is 0.496 e. The molecule has 1 aliphatic rings. The summed E-state index contributed by atoms with van der Waals surface area (Å²) in [7, 11) is 1.55. The Bertz CT molecular complexity index is 1750. The van der Waals surface area contributed by atoms with Crippen molar-refractivity contribution >= 4 is 45.8 Å². The van der Waals surface area contributed by atoms with Crippen molar-refractivity contribution in [2.75, 3.05) is 13.7 Å². The molecule has 0 amide bonds. The van der Waals surface area contributed by atoms with Gasteiger partial charge in [-0.05, 0) is 54.0 Å². The molecule has 2 heterocycles. The molecule has 0 radical (unpaired) electrons. The molecule has 1 aromatic heterocycles. The smallest absolute Gasteiger partial charge is 0.338 e. The number of hydrogen-bond donors (Lipinski definition) is 0. The fourth-order valence-electron chi connectivity index (χ4n) is 4.85. The molecule has 38 heavy (non-hydrogen) atoms. The van der Waals surface area contributed by atoms with Crippen LogP contribution in [0.25, 0.3) is 16.8 Å². The quantitative estimate of drug-likeness (QED) is 0.291. The Morgan fingerprint density at radius 1 is 1.13 bits per heavy atom. The first-order valence-electron chi connectivity index (χ1n) is 12.5. The normalized spacial score (nSPS) is 15.4. The van der Waals surface area contributed by atoms with Crippen LogP contribution in [0.4, 0.5) is 0 Å². The van der Waals surface area contributed by atoms with Crippen LogP contribution < -0.4 is 19.6 Å². The van der Waals surface area contributed by atoms with E-state index >= 15 is 0 Å². The summed E-state index contributed by atoms with van der Waals surface area (Å²) < 4.78 is 13.2. The van der Waals surface area contributed by atoms with Crippen LogP contribution in [0.2, 0.25) is 5.02 Å². The van der Waals surface area contributed by atoms with Gasteiger partial charge < -0.3 is 9.47 Å². The standard InChI is InChI=1S/C30H27ClN2O4S/c1-4-9-23-26(29(35)37-5-2)27(22-17-20(31)14-15-24(22)36-3)33-28(34)25(38-30(33)32-23)16-19-12-8-11-18-10-6-7-13-21(18)19/h6-8,10-17,27H,4-5,9H2,1-3H3/b25-16+/t27-/m0/s1. The molecule has 4 aromatic rings. The SMILES string of the molecule is CCCC1=C(C(=O)OCC)[C@H](c2cc(Cl)ccc2OC)n2c(s/c(=C/c3cccc4ccccc34)c2=O)=N1. The van der Waals surface area contributed by atoms with E-state index in [4.69, 9.17) is 26.1 Å². The molecular formula is C30H27ClN2O4S. The predicted molar refractivity (Wildman–Crippen MR) is 152 cm³/mol. The monoisotopic (exact) mass is 546 g/mol. The molecule has 0 saturated heterocycles. The highest BCUT2D eigenvalue weighted by Crippen LogP contribution is 2.38. The molecule has 3 aromatic carbocycles. The van der Waals surface area contributed by atoms with E-state index in [1.165, 1.54) is 11.3 Å². The molecule has 0 saturated carbocycles. The molecule has 194 valence electrons. The van der Waals surface area contributed by atoms with Crippen molar-refractivity contribution in [1.82, 2.24) is 4.57 Å². The first kappa shape index (κ1) is 25.9. The molecule has 6 nitrogen and oxygen atoms in total. The van der Waals surface area contributed by atoms with Crippen molar-refractivity contribution in [2.24, 2.45) is 4.99 Å². The molecule has 5 rings (SSSR count). The van der Waals surface area contributed by atoms with Gasteiger partial charge in [-0.2, -0.15) is 0 Å². The summed E-state index contributed by atoms with van der Waals surface area (Å²) in [6, 6.07) is 18.5. The van der Waals surface area contributed by atoms with E-state index in [0.29, 0.717) is 43.4 Å². The molecule has 1 atom stereocenters. The van der Waals surface area contributed by atoms with Gasteiger partial charge in [0.15, 0.2) is 4.80 Å². The van der Waals surface area contributed by atoms with Gasteiger partial charge >= 0.3 is 5.97 Å². The van der Waals surface area contributed by atoms with Crippen molar-refractivity contribution in [3.8, 4) is 5.75 Å². The van der Waals surface area contributed by atoms with Gasteiger partial charge in [-0.1, -0.05) is 78.7 Å². The van der Waals surface area contributed by atoms with E-state index in [9.17, 15) is 9.59 Å². The zero-order valence-electron chi connectivity index (χ0n) is 21.4. The Morgan fingerprint density at radius 2 is 1.92 bits per heavy atom. The molecule has 0 N–H and O–H groups in total. The molecule has 0 unspecified atom stereocenters. The van der Waals surface area contributed by atoms with Crippen LogP contribution in [0, 0.1) is 0 Å². The predicted octanol–water partition coefficient (Wildman–Crippen LogP) is 5.39. The molecule has 8 heteroatoms. The summed E-state index contributed by atoms with van der Waals surface area (Å²) in [6.07, 6.45) is 3.22. The number of methoxy groups -OCH3 is 1. The minimum Gasteiger partial charge on any atom is -0.496 e. The number of esters is 1. The maximum atomic E-state index is 14.0. The third-order valence-corrected chi connectivity index (χ3v) is 7.71. The maximum absolute atomic E-state index is 14.0. The lowest BCUT2D eigenvalue weighted by Gasteiger charge is -2.27. The second-order valence-corrected chi connectivity index (χ2v) is 10.3. The Kier molecular flexibility index (Phi) is 7.49. The number of benzene rings is 3. The highest BCUT2D eigenvalue weighted by Gasteiger charge is 2.36. The number of thiazole rings is 1. The van der Waals surface area contributed by atoms with Gasteiger partial charge in [0.1, 0.15) is 11.8 Å². The van der Waals surface area contributed by atoms with Gasteiger partial charge in [-0.3, -0.25) is 9.36 Å². The van der Waals surface area contributed by atoms with E-state index < -0.39 is 12.0 Å². The van der Waals surface area contributed by atoms with Gasteiger partial charge in [-0.15, -0.1) is 0 Å². The summed E-state index contributed by atoms with van der Waals surface area (Å²) in [4.78, 5) is 32.8. The third kappa shape index (κ3) is 4.68. The minimum atomic E-state index is -0.796. The number of carbonyl (C=O) groups excluding carboxylic acids is 1. The molecule has 1 aliphatic heterocycles. The summed E-state index contributed by atoms with van der Waals surface area (Å²) in [6.45, 7) is 3.98. The number of nitrogens with zero attached hydrogens (tertiary/aromatic N) is 2. The molecule has 0 fully saturated rings. The first-order chi connectivity index (χ1) is 18.5. The summed E-state index contributed by atoms with van der Waals surface area (Å²) >= 11 is 7.72. The number of rotatable bonds is 7. The average Bonchev–Trinajstić information content (AvgIpc) is 3.22.